The standard InChI is InChI=1S/C21H13N3O4/c25-20-15-8-4-5-9-16(15)21(26)18-17(20)11-10-13(19(18)24(27)28)12-22-23-14-6-2-1-3-7-14/h1-12,23H/b22-12-. The van der Waals surface area contributed by atoms with Crippen molar-refractivity contribution in [3.8, 4) is 0 Å². The SMILES string of the molecule is O=C1c2ccccc2C(=O)c2c1ccc(/C=N\Nc1ccccc1)c2[N+](=O)[O-]. The van der Waals surface area contributed by atoms with Gasteiger partial charge < -0.3 is 0 Å². The van der Waals surface area contributed by atoms with E-state index in [4.69, 9.17) is 0 Å². The fourth-order valence-electron chi connectivity index (χ4n) is 3.18. The highest BCUT2D eigenvalue weighted by Crippen LogP contribution is 2.34. The van der Waals surface area contributed by atoms with Gasteiger partial charge in [-0.2, -0.15) is 5.10 Å². The molecule has 136 valence electrons. The van der Waals surface area contributed by atoms with E-state index in [-0.39, 0.29) is 27.8 Å². The Kier molecular flexibility index (Phi) is 4.25. The lowest BCUT2D eigenvalue weighted by atomic mass is 9.82. The van der Waals surface area contributed by atoms with Crippen LogP contribution in [0.1, 0.15) is 37.4 Å². The van der Waals surface area contributed by atoms with Gasteiger partial charge >= 0.3 is 0 Å². The summed E-state index contributed by atoms with van der Waals surface area (Å²) in [4.78, 5) is 36.7. The molecule has 4 rings (SSSR count). The summed E-state index contributed by atoms with van der Waals surface area (Å²) in [6.45, 7) is 0. The first-order valence-corrected chi connectivity index (χ1v) is 8.42. The molecule has 0 amide bonds. The molecular formula is C21H13N3O4. The molecular weight excluding hydrogens is 358 g/mol. The minimum atomic E-state index is -0.651. The highest BCUT2D eigenvalue weighted by molar-refractivity contribution is 6.30. The molecule has 7 nitrogen and oxygen atoms in total. The Bertz CT molecular complexity index is 1150. The van der Waals surface area contributed by atoms with E-state index in [1.165, 1.54) is 24.4 Å². The molecule has 1 aliphatic carbocycles. The fourth-order valence-corrected chi connectivity index (χ4v) is 3.18. The number of carbonyl (C=O) groups is 2. The van der Waals surface area contributed by atoms with Crippen LogP contribution in [0.25, 0.3) is 0 Å². The van der Waals surface area contributed by atoms with Crippen LogP contribution in [0.15, 0.2) is 71.8 Å². The zero-order valence-electron chi connectivity index (χ0n) is 14.5. The van der Waals surface area contributed by atoms with Crippen LogP contribution in [0, 0.1) is 10.1 Å². The molecule has 0 aliphatic heterocycles. The predicted octanol–water partition coefficient (Wildman–Crippen LogP) is 3.82. The summed E-state index contributed by atoms with van der Waals surface area (Å²) in [5.41, 5.74) is 3.43. The Morgan fingerprint density at radius 3 is 2.14 bits per heavy atom. The second-order valence-electron chi connectivity index (χ2n) is 6.12. The first-order chi connectivity index (χ1) is 13.6. The topological polar surface area (TPSA) is 102 Å². The molecule has 0 radical (unpaired) electrons. The number of hydrazone groups is 1. The minimum Gasteiger partial charge on any atom is -0.289 e. The molecule has 0 saturated carbocycles. The Hall–Kier alpha value is -4.13. The van der Waals surface area contributed by atoms with Gasteiger partial charge in [0.1, 0.15) is 5.56 Å². The predicted molar refractivity (Wildman–Crippen MR) is 104 cm³/mol. The van der Waals surface area contributed by atoms with Crippen LogP contribution in [0.2, 0.25) is 0 Å². The Morgan fingerprint density at radius 1 is 0.821 bits per heavy atom. The van der Waals surface area contributed by atoms with E-state index in [0.29, 0.717) is 5.69 Å². The average Bonchev–Trinajstić information content (AvgIpc) is 2.72. The van der Waals surface area contributed by atoms with Gasteiger partial charge in [0.2, 0.25) is 5.78 Å². The smallest absolute Gasteiger partial charge is 0.289 e. The molecule has 7 heteroatoms. The summed E-state index contributed by atoms with van der Waals surface area (Å²) in [6.07, 6.45) is 1.27. The second-order valence-corrected chi connectivity index (χ2v) is 6.12. The summed E-state index contributed by atoms with van der Waals surface area (Å²) in [5.74, 6) is -0.942. The van der Waals surface area contributed by atoms with E-state index in [1.54, 1.807) is 30.3 Å². The summed E-state index contributed by atoms with van der Waals surface area (Å²) < 4.78 is 0. The summed E-state index contributed by atoms with van der Waals surface area (Å²) in [6, 6.07) is 18.2. The van der Waals surface area contributed by atoms with Crippen molar-refractivity contribution in [2.45, 2.75) is 0 Å². The van der Waals surface area contributed by atoms with Gasteiger partial charge in [-0.1, -0.05) is 42.5 Å². The maximum Gasteiger partial charge on any atom is 0.290 e. The lowest BCUT2D eigenvalue weighted by Crippen LogP contribution is -2.22. The Labute approximate surface area is 159 Å². The first-order valence-electron chi connectivity index (χ1n) is 8.42. The van der Waals surface area contributed by atoms with Gasteiger partial charge in [0.15, 0.2) is 5.78 Å². The Balaban J connectivity index is 1.80. The van der Waals surface area contributed by atoms with Crippen LogP contribution in [0.5, 0.6) is 0 Å². The molecule has 0 atom stereocenters. The van der Waals surface area contributed by atoms with E-state index >= 15 is 0 Å². The highest BCUT2D eigenvalue weighted by Gasteiger charge is 2.36. The zero-order valence-corrected chi connectivity index (χ0v) is 14.5. The molecule has 3 aromatic carbocycles. The number of nitrogens with zero attached hydrogens (tertiary/aromatic N) is 2. The normalized spacial score (nSPS) is 12.6. The number of nitrogens with one attached hydrogen (secondary N) is 1. The lowest BCUT2D eigenvalue weighted by Gasteiger charge is -2.17. The van der Waals surface area contributed by atoms with Crippen molar-refractivity contribution in [2.24, 2.45) is 5.10 Å². The van der Waals surface area contributed by atoms with Crippen LogP contribution in [-0.2, 0) is 0 Å². The number of nitro groups is 1. The summed E-state index contributed by atoms with van der Waals surface area (Å²) in [5, 5.41) is 15.8. The van der Waals surface area contributed by atoms with Gasteiger partial charge in [-0.15, -0.1) is 0 Å². The molecule has 3 aromatic rings. The monoisotopic (exact) mass is 371 g/mol. The molecule has 0 fully saturated rings. The number of benzene rings is 3. The molecule has 0 spiro atoms. The molecule has 1 N–H and O–H groups in total. The van der Waals surface area contributed by atoms with E-state index < -0.39 is 22.2 Å². The van der Waals surface area contributed by atoms with Crippen molar-refractivity contribution in [3.05, 3.63) is 105 Å². The number of rotatable bonds is 4. The van der Waals surface area contributed by atoms with Gasteiger partial charge in [-0.05, 0) is 24.3 Å². The van der Waals surface area contributed by atoms with Gasteiger partial charge in [0.25, 0.3) is 5.69 Å². The van der Waals surface area contributed by atoms with Gasteiger partial charge in [-0.3, -0.25) is 25.1 Å². The third-order valence-corrected chi connectivity index (χ3v) is 4.45. The zero-order chi connectivity index (χ0) is 19.7. The number of para-hydroxylation sites is 1. The summed E-state index contributed by atoms with van der Waals surface area (Å²) >= 11 is 0. The van der Waals surface area contributed by atoms with Crippen molar-refractivity contribution in [2.75, 3.05) is 5.43 Å². The van der Waals surface area contributed by atoms with E-state index in [1.807, 2.05) is 18.2 Å². The number of hydrogen-bond donors (Lipinski definition) is 1. The largest absolute Gasteiger partial charge is 0.290 e. The molecule has 0 heterocycles. The number of hydrogen-bond acceptors (Lipinski definition) is 6. The van der Waals surface area contributed by atoms with Crippen LogP contribution < -0.4 is 5.43 Å². The average molecular weight is 371 g/mol. The number of fused-ring (bicyclic) bond motifs is 2. The van der Waals surface area contributed by atoms with E-state index in [9.17, 15) is 19.7 Å². The lowest BCUT2D eigenvalue weighted by molar-refractivity contribution is -0.385. The van der Waals surface area contributed by atoms with Crippen molar-refractivity contribution in [3.63, 3.8) is 0 Å². The molecule has 1 aliphatic rings. The maximum atomic E-state index is 12.9. The summed E-state index contributed by atoms with van der Waals surface area (Å²) in [7, 11) is 0. The molecule has 0 saturated heterocycles. The first kappa shape index (κ1) is 17.3. The minimum absolute atomic E-state index is 0.0311. The quantitative estimate of drug-likeness (QED) is 0.334. The van der Waals surface area contributed by atoms with Crippen LogP contribution in [0.3, 0.4) is 0 Å². The van der Waals surface area contributed by atoms with Crippen LogP contribution >= 0.6 is 0 Å². The van der Waals surface area contributed by atoms with Crippen LogP contribution in [-0.4, -0.2) is 22.7 Å². The highest BCUT2D eigenvalue weighted by atomic mass is 16.6. The van der Waals surface area contributed by atoms with E-state index in [0.717, 1.165) is 0 Å². The van der Waals surface area contributed by atoms with Crippen molar-refractivity contribution >= 4 is 29.2 Å². The number of ketones is 2. The molecule has 0 aromatic heterocycles. The van der Waals surface area contributed by atoms with E-state index in [2.05, 4.69) is 10.5 Å². The molecule has 28 heavy (non-hydrogen) atoms. The van der Waals surface area contributed by atoms with Gasteiger partial charge in [0, 0.05) is 16.7 Å². The second kappa shape index (κ2) is 6.88. The number of carbonyl (C=O) groups excluding carboxylic acids is 2. The van der Waals surface area contributed by atoms with Crippen molar-refractivity contribution in [1.82, 2.24) is 0 Å². The number of anilines is 1. The molecule has 0 bridgehead atoms. The van der Waals surface area contributed by atoms with Crippen molar-refractivity contribution < 1.29 is 14.5 Å². The third kappa shape index (κ3) is 2.84. The van der Waals surface area contributed by atoms with Gasteiger partial charge in [0.05, 0.1) is 22.4 Å². The fraction of sp³-hybridized carbons (Fsp3) is 0. The van der Waals surface area contributed by atoms with Crippen molar-refractivity contribution in [1.29, 1.82) is 0 Å². The molecule has 0 unspecified atom stereocenters. The third-order valence-electron chi connectivity index (χ3n) is 4.45. The van der Waals surface area contributed by atoms with Crippen LogP contribution in [0.4, 0.5) is 11.4 Å². The maximum absolute atomic E-state index is 12.9. The number of nitro benzene ring substituents is 1. The Morgan fingerprint density at radius 2 is 1.46 bits per heavy atom. The van der Waals surface area contributed by atoms with Gasteiger partial charge in [-0.25, -0.2) is 0 Å².